The Labute approximate surface area is 182 Å². The zero-order valence-corrected chi connectivity index (χ0v) is 19.5. The fraction of sp³-hybridized carbons (Fsp3) is 0.955. The molecule has 0 aliphatic heterocycles. The third-order valence-electron chi connectivity index (χ3n) is 5.58. The number of unbranched alkanes of at least 4 members (excludes halogenated alkanes) is 4. The lowest BCUT2D eigenvalue weighted by Gasteiger charge is -2.38. The molecule has 0 spiro atoms. The van der Waals surface area contributed by atoms with E-state index in [1.54, 1.807) is 0 Å². The lowest BCUT2D eigenvalue weighted by molar-refractivity contribution is -0.176. The molecule has 0 aromatic carbocycles. The van der Waals surface area contributed by atoms with Gasteiger partial charge in [-0.05, 0) is 24.7 Å². The maximum atomic E-state index is 11.2. The van der Waals surface area contributed by atoms with Gasteiger partial charge in [0, 0.05) is 0 Å². The summed E-state index contributed by atoms with van der Waals surface area (Å²) >= 11 is 3.46. The van der Waals surface area contributed by atoms with Gasteiger partial charge < -0.3 is 25.5 Å². The molecule has 0 heterocycles. The van der Waals surface area contributed by atoms with E-state index in [-0.39, 0.29) is 12.8 Å². The standard InChI is InChI=1S/C22H44O6S/c1-15(2)11-7-5-9-13-22(28,14-10-6-8-12-16(3)4)20(26)18(24)17(23)19(25)21(27)29/h15-20,23-26,28H,5-14H2,1-4H3,(H,27,29)/t17-,18-,19+,20-/m0/s1. The first-order valence-corrected chi connectivity index (χ1v) is 11.5. The van der Waals surface area contributed by atoms with E-state index in [2.05, 4.69) is 40.3 Å². The summed E-state index contributed by atoms with van der Waals surface area (Å²) in [7, 11) is 0. The van der Waals surface area contributed by atoms with Gasteiger partial charge in [0.05, 0.1) is 5.60 Å². The van der Waals surface area contributed by atoms with Crippen molar-refractivity contribution < 1.29 is 30.3 Å². The minimum Gasteiger partial charge on any atom is -0.387 e. The van der Waals surface area contributed by atoms with Crippen molar-refractivity contribution in [3.05, 3.63) is 0 Å². The van der Waals surface area contributed by atoms with Gasteiger partial charge in [0.15, 0.2) is 6.10 Å². The van der Waals surface area contributed by atoms with Gasteiger partial charge in [0.25, 0.3) is 0 Å². The van der Waals surface area contributed by atoms with Crippen LogP contribution in [0.5, 0.6) is 0 Å². The van der Waals surface area contributed by atoms with Crippen LogP contribution < -0.4 is 0 Å². The summed E-state index contributed by atoms with van der Waals surface area (Å²) < 4.78 is 0. The van der Waals surface area contributed by atoms with Crippen molar-refractivity contribution in [3.8, 4) is 0 Å². The number of carbonyl (C=O) groups excluding carboxylic acids is 1. The van der Waals surface area contributed by atoms with Gasteiger partial charge in [-0.2, -0.15) is 0 Å². The molecule has 0 aromatic rings. The SMILES string of the molecule is CC(C)CCCCCC(O)(CCCCCC(C)C)[C@@H](O)[C@@H](O)[C@H](O)[C@@H](O)C(=O)S. The van der Waals surface area contributed by atoms with Gasteiger partial charge >= 0.3 is 0 Å². The van der Waals surface area contributed by atoms with Crippen LogP contribution >= 0.6 is 12.6 Å². The fourth-order valence-electron chi connectivity index (χ4n) is 3.58. The van der Waals surface area contributed by atoms with E-state index in [1.807, 2.05) is 0 Å². The molecule has 0 aromatic heterocycles. The van der Waals surface area contributed by atoms with Crippen molar-refractivity contribution >= 4 is 17.7 Å². The normalized spacial score (nSPS) is 16.8. The molecule has 29 heavy (non-hydrogen) atoms. The lowest BCUT2D eigenvalue weighted by Crippen LogP contribution is -2.56. The first kappa shape index (κ1) is 28.8. The van der Waals surface area contributed by atoms with Gasteiger partial charge in [-0.15, -0.1) is 12.6 Å². The third-order valence-corrected chi connectivity index (χ3v) is 5.85. The summed E-state index contributed by atoms with van der Waals surface area (Å²) in [6, 6.07) is 0. The second kappa shape index (κ2) is 14.8. The first-order valence-electron chi connectivity index (χ1n) is 11.1. The molecule has 0 fully saturated rings. The van der Waals surface area contributed by atoms with Crippen molar-refractivity contribution in [3.63, 3.8) is 0 Å². The zero-order chi connectivity index (χ0) is 22.6. The van der Waals surface area contributed by atoms with Crippen molar-refractivity contribution in [2.75, 3.05) is 0 Å². The molecule has 0 radical (unpaired) electrons. The molecule has 0 bridgehead atoms. The molecule has 5 N–H and O–H groups in total. The number of hydrogen-bond donors (Lipinski definition) is 6. The van der Waals surface area contributed by atoms with Gasteiger partial charge in [-0.25, -0.2) is 0 Å². The monoisotopic (exact) mass is 436 g/mol. The molecule has 174 valence electrons. The van der Waals surface area contributed by atoms with Crippen LogP contribution in [0.3, 0.4) is 0 Å². The average molecular weight is 437 g/mol. The van der Waals surface area contributed by atoms with Crippen LogP contribution in [0.2, 0.25) is 0 Å². The molecule has 0 saturated heterocycles. The van der Waals surface area contributed by atoms with Crippen molar-refractivity contribution in [1.82, 2.24) is 0 Å². The predicted octanol–water partition coefficient (Wildman–Crippen LogP) is 2.83. The highest BCUT2D eigenvalue weighted by molar-refractivity contribution is 7.96. The Bertz CT molecular complexity index is 425. The Morgan fingerprint density at radius 2 is 1.17 bits per heavy atom. The van der Waals surface area contributed by atoms with Crippen LogP contribution in [-0.2, 0) is 4.79 Å². The molecule has 0 amide bonds. The molecule has 6 nitrogen and oxygen atoms in total. The highest BCUT2D eigenvalue weighted by Gasteiger charge is 2.44. The summed E-state index contributed by atoms with van der Waals surface area (Å²) in [6.07, 6.45) is 0.602. The number of thiol groups is 1. The summed E-state index contributed by atoms with van der Waals surface area (Å²) in [5.74, 6) is 1.22. The first-order chi connectivity index (χ1) is 13.4. The summed E-state index contributed by atoms with van der Waals surface area (Å²) in [6.45, 7) is 8.62. The largest absolute Gasteiger partial charge is 0.387 e. The van der Waals surface area contributed by atoms with E-state index < -0.39 is 35.1 Å². The fourth-order valence-corrected chi connectivity index (χ4v) is 3.73. The molecule has 7 heteroatoms. The Hall–Kier alpha value is -0.180. The van der Waals surface area contributed by atoms with Crippen molar-refractivity contribution in [1.29, 1.82) is 0 Å². The molecule has 0 unspecified atom stereocenters. The summed E-state index contributed by atoms with van der Waals surface area (Å²) in [5, 5.41) is 50.7. The van der Waals surface area contributed by atoms with E-state index >= 15 is 0 Å². The predicted molar refractivity (Wildman–Crippen MR) is 119 cm³/mol. The second-order valence-electron chi connectivity index (χ2n) is 9.30. The number of rotatable bonds is 17. The van der Waals surface area contributed by atoms with Crippen LogP contribution in [0.15, 0.2) is 0 Å². The van der Waals surface area contributed by atoms with Crippen LogP contribution in [0, 0.1) is 11.8 Å². The summed E-state index contributed by atoms with van der Waals surface area (Å²) in [4.78, 5) is 11.2. The van der Waals surface area contributed by atoms with Crippen LogP contribution in [-0.4, -0.2) is 60.7 Å². The van der Waals surface area contributed by atoms with E-state index in [1.165, 1.54) is 0 Å². The third kappa shape index (κ3) is 11.7. The topological polar surface area (TPSA) is 118 Å². The Morgan fingerprint density at radius 1 is 0.759 bits per heavy atom. The molecular formula is C22H44O6S. The maximum absolute atomic E-state index is 11.2. The van der Waals surface area contributed by atoms with E-state index in [0.29, 0.717) is 24.7 Å². The molecule has 4 atom stereocenters. The van der Waals surface area contributed by atoms with Crippen molar-refractivity contribution in [2.24, 2.45) is 11.8 Å². The highest BCUT2D eigenvalue weighted by atomic mass is 32.1. The quantitative estimate of drug-likeness (QED) is 0.154. The number of carbonyl (C=O) groups is 1. The number of aliphatic hydroxyl groups excluding tert-OH is 4. The van der Waals surface area contributed by atoms with E-state index in [4.69, 9.17) is 0 Å². The second-order valence-corrected chi connectivity index (χ2v) is 9.74. The van der Waals surface area contributed by atoms with E-state index in [9.17, 15) is 30.3 Å². The minimum absolute atomic E-state index is 0.283. The Balaban J connectivity index is 4.94. The van der Waals surface area contributed by atoms with Gasteiger partial charge in [0.2, 0.25) is 5.12 Å². The highest BCUT2D eigenvalue weighted by Crippen LogP contribution is 2.30. The van der Waals surface area contributed by atoms with Gasteiger partial charge in [-0.3, -0.25) is 4.79 Å². The average Bonchev–Trinajstić information content (AvgIpc) is 2.64. The molecule has 0 rings (SSSR count). The molecule has 0 aliphatic rings. The number of aliphatic hydroxyl groups is 5. The molecule has 0 aliphatic carbocycles. The smallest absolute Gasteiger partial charge is 0.217 e. The molecule has 0 saturated carbocycles. The lowest BCUT2D eigenvalue weighted by atomic mass is 9.80. The van der Waals surface area contributed by atoms with Gasteiger partial charge in [0.1, 0.15) is 18.3 Å². The Kier molecular flexibility index (Phi) is 14.7. The van der Waals surface area contributed by atoms with Crippen LogP contribution in [0.25, 0.3) is 0 Å². The minimum atomic E-state index is -1.93. The maximum Gasteiger partial charge on any atom is 0.217 e. The van der Waals surface area contributed by atoms with Crippen LogP contribution in [0.1, 0.15) is 91.9 Å². The number of hydrogen-bond acceptors (Lipinski definition) is 6. The zero-order valence-electron chi connectivity index (χ0n) is 18.6. The Morgan fingerprint density at radius 3 is 1.52 bits per heavy atom. The van der Waals surface area contributed by atoms with Crippen molar-refractivity contribution in [2.45, 2.75) is 122 Å². The van der Waals surface area contributed by atoms with E-state index in [0.717, 1.165) is 38.5 Å². The van der Waals surface area contributed by atoms with Gasteiger partial charge in [-0.1, -0.05) is 79.1 Å². The van der Waals surface area contributed by atoms with Crippen LogP contribution in [0.4, 0.5) is 0 Å². The molecular weight excluding hydrogens is 392 g/mol. The summed E-state index contributed by atoms with van der Waals surface area (Å²) in [5.41, 5.74) is -1.59.